The van der Waals surface area contributed by atoms with Gasteiger partial charge in [-0.1, -0.05) is 12.1 Å². The number of rotatable bonds is 3. The van der Waals surface area contributed by atoms with Gasteiger partial charge in [-0.2, -0.15) is 0 Å². The molecule has 0 bridgehead atoms. The predicted molar refractivity (Wildman–Crippen MR) is 80.8 cm³/mol. The quantitative estimate of drug-likeness (QED) is 0.877. The summed E-state index contributed by atoms with van der Waals surface area (Å²) in [6.07, 6.45) is 0.817. The van der Waals surface area contributed by atoms with Crippen molar-refractivity contribution >= 4 is 5.69 Å². The molecule has 1 aromatic rings. The van der Waals surface area contributed by atoms with Crippen molar-refractivity contribution in [3.8, 4) is 0 Å². The molecule has 1 aliphatic rings. The lowest BCUT2D eigenvalue weighted by atomic mass is 9.93. The van der Waals surface area contributed by atoms with E-state index < -0.39 is 0 Å². The Labute approximate surface area is 116 Å². The van der Waals surface area contributed by atoms with E-state index in [0.717, 1.165) is 19.5 Å². The topological polar surface area (TPSA) is 35.5 Å². The molecule has 0 aliphatic carbocycles. The normalized spacial score (nSPS) is 22.6. The molecule has 0 spiro atoms. The number of anilines is 1. The highest BCUT2D eigenvalue weighted by Gasteiger charge is 2.34. The third kappa shape index (κ3) is 2.93. The number of aryl methyl sites for hydroxylation is 1. The fourth-order valence-corrected chi connectivity index (χ4v) is 2.82. The number of piperazine rings is 1. The number of benzene rings is 1. The van der Waals surface area contributed by atoms with Crippen LogP contribution in [0.4, 0.5) is 5.69 Å². The fraction of sp³-hybridized carbons (Fsp3) is 0.625. The first kappa shape index (κ1) is 14.4. The van der Waals surface area contributed by atoms with Crippen LogP contribution in [0.25, 0.3) is 0 Å². The second-order valence-corrected chi connectivity index (χ2v) is 6.23. The second kappa shape index (κ2) is 5.51. The van der Waals surface area contributed by atoms with Gasteiger partial charge in [0.15, 0.2) is 0 Å². The monoisotopic (exact) mass is 262 g/mol. The summed E-state index contributed by atoms with van der Waals surface area (Å²) in [7, 11) is 0. The predicted octanol–water partition coefficient (Wildman–Crippen LogP) is 2.24. The third-order valence-corrected chi connectivity index (χ3v) is 4.30. The molecule has 3 nitrogen and oxygen atoms in total. The SMILES string of the molecule is Cc1cccc(N2CC(CCO)NCC2(C)C)c1C. The Bertz CT molecular complexity index is 442. The number of nitrogens with zero attached hydrogens (tertiary/aromatic N) is 1. The van der Waals surface area contributed by atoms with Gasteiger partial charge in [0.1, 0.15) is 0 Å². The summed E-state index contributed by atoms with van der Waals surface area (Å²) in [6, 6.07) is 6.89. The summed E-state index contributed by atoms with van der Waals surface area (Å²) in [5.74, 6) is 0. The Balaban J connectivity index is 2.30. The Morgan fingerprint density at radius 1 is 1.37 bits per heavy atom. The minimum absolute atomic E-state index is 0.102. The van der Waals surface area contributed by atoms with E-state index in [1.165, 1.54) is 16.8 Å². The van der Waals surface area contributed by atoms with Crippen LogP contribution in [0.3, 0.4) is 0 Å². The van der Waals surface area contributed by atoms with E-state index in [9.17, 15) is 0 Å². The van der Waals surface area contributed by atoms with Crippen LogP contribution in [0.15, 0.2) is 18.2 Å². The van der Waals surface area contributed by atoms with Gasteiger partial charge in [-0.3, -0.25) is 0 Å². The van der Waals surface area contributed by atoms with Crippen LogP contribution in [0, 0.1) is 13.8 Å². The smallest absolute Gasteiger partial charge is 0.0471 e. The Morgan fingerprint density at radius 2 is 2.11 bits per heavy atom. The zero-order valence-corrected chi connectivity index (χ0v) is 12.5. The molecule has 1 aromatic carbocycles. The van der Waals surface area contributed by atoms with Crippen molar-refractivity contribution in [2.75, 3.05) is 24.6 Å². The van der Waals surface area contributed by atoms with Crippen LogP contribution >= 0.6 is 0 Å². The number of hydrogen-bond acceptors (Lipinski definition) is 3. The van der Waals surface area contributed by atoms with Gasteiger partial charge in [-0.15, -0.1) is 0 Å². The van der Waals surface area contributed by atoms with Crippen molar-refractivity contribution in [2.45, 2.75) is 45.7 Å². The van der Waals surface area contributed by atoms with Gasteiger partial charge in [0, 0.05) is 37.0 Å². The molecule has 0 aromatic heterocycles. The fourth-order valence-electron chi connectivity index (χ4n) is 2.82. The maximum absolute atomic E-state index is 9.15. The van der Waals surface area contributed by atoms with Crippen molar-refractivity contribution in [2.24, 2.45) is 0 Å². The van der Waals surface area contributed by atoms with Crippen molar-refractivity contribution in [3.63, 3.8) is 0 Å². The number of aliphatic hydroxyl groups is 1. The molecule has 106 valence electrons. The maximum atomic E-state index is 9.15. The van der Waals surface area contributed by atoms with E-state index in [4.69, 9.17) is 5.11 Å². The first-order valence-corrected chi connectivity index (χ1v) is 7.14. The zero-order chi connectivity index (χ0) is 14.0. The van der Waals surface area contributed by atoms with Crippen molar-refractivity contribution in [1.82, 2.24) is 5.32 Å². The summed E-state index contributed by atoms with van der Waals surface area (Å²) in [4.78, 5) is 2.49. The Hall–Kier alpha value is -1.06. The standard InChI is InChI=1S/C16H26N2O/c1-12-6-5-7-15(13(12)2)18-10-14(8-9-19)17-11-16(18,3)4/h5-7,14,17,19H,8-11H2,1-4H3. The molecule has 2 rings (SSSR count). The summed E-state index contributed by atoms with van der Waals surface area (Å²) in [5.41, 5.74) is 4.13. The van der Waals surface area contributed by atoms with Gasteiger partial charge in [0.25, 0.3) is 0 Å². The molecule has 1 atom stereocenters. The molecule has 19 heavy (non-hydrogen) atoms. The molecule has 0 saturated carbocycles. The van der Waals surface area contributed by atoms with Gasteiger partial charge in [0.2, 0.25) is 0 Å². The first-order valence-electron chi connectivity index (χ1n) is 7.14. The van der Waals surface area contributed by atoms with Crippen LogP contribution in [-0.4, -0.2) is 36.4 Å². The zero-order valence-electron chi connectivity index (χ0n) is 12.5. The molecule has 1 fully saturated rings. The second-order valence-electron chi connectivity index (χ2n) is 6.23. The Kier molecular flexibility index (Phi) is 4.16. The lowest BCUT2D eigenvalue weighted by molar-refractivity contribution is 0.239. The van der Waals surface area contributed by atoms with E-state index in [1.807, 2.05) is 0 Å². The largest absolute Gasteiger partial charge is 0.396 e. The van der Waals surface area contributed by atoms with E-state index >= 15 is 0 Å². The summed E-state index contributed by atoms with van der Waals surface area (Å²) in [5, 5.41) is 12.7. The Morgan fingerprint density at radius 3 is 2.79 bits per heavy atom. The van der Waals surface area contributed by atoms with Gasteiger partial charge >= 0.3 is 0 Å². The van der Waals surface area contributed by atoms with Gasteiger partial charge in [-0.05, 0) is 51.3 Å². The van der Waals surface area contributed by atoms with Gasteiger partial charge < -0.3 is 15.3 Å². The molecule has 3 heteroatoms. The number of hydrogen-bond donors (Lipinski definition) is 2. The van der Waals surface area contributed by atoms with Crippen molar-refractivity contribution in [3.05, 3.63) is 29.3 Å². The van der Waals surface area contributed by atoms with Crippen LogP contribution in [-0.2, 0) is 0 Å². The average Bonchev–Trinajstić information content (AvgIpc) is 2.36. The first-order chi connectivity index (χ1) is 8.95. The molecule has 1 unspecified atom stereocenters. The minimum atomic E-state index is 0.102. The molecular weight excluding hydrogens is 236 g/mol. The molecule has 2 N–H and O–H groups in total. The van der Waals surface area contributed by atoms with Crippen LogP contribution in [0.1, 0.15) is 31.4 Å². The van der Waals surface area contributed by atoms with Crippen LogP contribution < -0.4 is 10.2 Å². The van der Waals surface area contributed by atoms with E-state index in [-0.39, 0.29) is 12.1 Å². The highest BCUT2D eigenvalue weighted by atomic mass is 16.3. The molecule has 0 amide bonds. The lowest BCUT2D eigenvalue weighted by Gasteiger charge is -2.48. The molecule has 0 radical (unpaired) electrons. The van der Waals surface area contributed by atoms with E-state index in [2.05, 4.69) is 56.1 Å². The van der Waals surface area contributed by atoms with Crippen molar-refractivity contribution < 1.29 is 5.11 Å². The van der Waals surface area contributed by atoms with Gasteiger partial charge in [0.05, 0.1) is 0 Å². The van der Waals surface area contributed by atoms with Gasteiger partial charge in [-0.25, -0.2) is 0 Å². The summed E-state index contributed by atoms with van der Waals surface area (Å²) < 4.78 is 0. The molecule has 1 aliphatic heterocycles. The maximum Gasteiger partial charge on any atom is 0.0471 e. The third-order valence-electron chi connectivity index (χ3n) is 4.30. The van der Waals surface area contributed by atoms with Crippen molar-refractivity contribution in [1.29, 1.82) is 0 Å². The average molecular weight is 262 g/mol. The molecule has 1 saturated heterocycles. The molecule has 1 heterocycles. The number of aliphatic hydroxyl groups excluding tert-OH is 1. The summed E-state index contributed by atoms with van der Waals surface area (Å²) in [6.45, 7) is 11.1. The highest BCUT2D eigenvalue weighted by molar-refractivity contribution is 5.58. The van der Waals surface area contributed by atoms with Crippen LogP contribution in [0.2, 0.25) is 0 Å². The minimum Gasteiger partial charge on any atom is -0.396 e. The van der Waals surface area contributed by atoms with E-state index in [0.29, 0.717) is 6.04 Å². The van der Waals surface area contributed by atoms with E-state index in [1.54, 1.807) is 0 Å². The van der Waals surface area contributed by atoms with Crippen LogP contribution in [0.5, 0.6) is 0 Å². The lowest BCUT2D eigenvalue weighted by Crippen LogP contribution is -2.62. The summed E-state index contributed by atoms with van der Waals surface area (Å²) >= 11 is 0. The highest BCUT2D eigenvalue weighted by Crippen LogP contribution is 2.31. The molecular formula is C16H26N2O. The number of nitrogens with one attached hydrogen (secondary N) is 1.